The zero-order valence-electron chi connectivity index (χ0n) is 27.8. The third kappa shape index (κ3) is 13.3. The minimum absolute atomic E-state index is 0.225. The molecule has 4 unspecified atom stereocenters. The normalized spacial score (nSPS) is 22.2. The lowest BCUT2D eigenvalue weighted by Gasteiger charge is -2.45. The zero-order valence-corrected chi connectivity index (χ0v) is 31.0. The Labute approximate surface area is 302 Å². The molecule has 0 aliphatic carbocycles. The standard InChI is InChI=1S/C38H48Br2O8/c1-28(41)47-37-36(46-26-31-18-10-5-11-19-31)35(45-25-30-16-8-4-9-17-30)34(27-43-24-29-14-6-3-7-15-29)48-38(37)44-23-13-21-33(40)32(39)20-12-22-42-2/h3-11,14-19,32-38H,12-13,20-27H2,1-2H3/t32?,33?,34?,35-,36-,37?,38+/m1/s1. The summed E-state index contributed by atoms with van der Waals surface area (Å²) in [6.07, 6.45) is 0.00723. The van der Waals surface area contributed by atoms with Crippen molar-refractivity contribution in [3.8, 4) is 0 Å². The van der Waals surface area contributed by atoms with Crippen molar-refractivity contribution in [2.24, 2.45) is 0 Å². The summed E-state index contributed by atoms with van der Waals surface area (Å²) >= 11 is 7.62. The van der Waals surface area contributed by atoms with Gasteiger partial charge in [0.15, 0.2) is 12.4 Å². The fourth-order valence-electron chi connectivity index (χ4n) is 5.52. The Bertz CT molecular complexity index is 1290. The van der Waals surface area contributed by atoms with E-state index in [-0.39, 0.29) is 11.4 Å². The van der Waals surface area contributed by atoms with Gasteiger partial charge in [0, 0.05) is 36.9 Å². The molecule has 1 fully saturated rings. The summed E-state index contributed by atoms with van der Waals surface area (Å²) in [4.78, 5) is 13.1. The monoisotopic (exact) mass is 790 g/mol. The molecule has 1 heterocycles. The van der Waals surface area contributed by atoms with Crippen molar-refractivity contribution in [3.63, 3.8) is 0 Å². The molecule has 0 radical (unpaired) electrons. The number of hydrogen-bond acceptors (Lipinski definition) is 8. The van der Waals surface area contributed by atoms with Crippen LogP contribution in [0.4, 0.5) is 0 Å². The molecule has 3 aromatic rings. The second-order valence-electron chi connectivity index (χ2n) is 11.8. The lowest BCUT2D eigenvalue weighted by atomic mass is 9.97. The minimum atomic E-state index is -0.883. The fourth-order valence-corrected chi connectivity index (χ4v) is 6.69. The first-order chi connectivity index (χ1) is 23.4. The van der Waals surface area contributed by atoms with Crippen molar-refractivity contribution in [2.45, 2.75) is 92.8 Å². The van der Waals surface area contributed by atoms with Gasteiger partial charge in [-0.15, -0.1) is 0 Å². The van der Waals surface area contributed by atoms with Gasteiger partial charge in [0.1, 0.15) is 18.3 Å². The molecule has 10 heteroatoms. The van der Waals surface area contributed by atoms with E-state index in [0.29, 0.717) is 31.3 Å². The number of benzene rings is 3. The lowest BCUT2D eigenvalue weighted by Crippen LogP contribution is -2.62. The third-order valence-corrected chi connectivity index (χ3v) is 10.9. The van der Waals surface area contributed by atoms with Gasteiger partial charge in [0.25, 0.3) is 0 Å². The van der Waals surface area contributed by atoms with Crippen LogP contribution in [0.25, 0.3) is 0 Å². The molecule has 4 rings (SSSR count). The highest BCUT2D eigenvalue weighted by atomic mass is 79.9. The largest absolute Gasteiger partial charge is 0.454 e. The molecule has 48 heavy (non-hydrogen) atoms. The smallest absolute Gasteiger partial charge is 0.303 e. The summed E-state index contributed by atoms with van der Waals surface area (Å²) in [6.45, 7) is 3.77. The van der Waals surface area contributed by atoms with Gasteiger partial charge in [-0.2, -0.15) is 0 Å². The molecule has 3 aromatic carbocycles. The highest BCUT2D eigenvalue weighted by molar-refractivity contribution is 9.12. The number of hydrogen-bond donors (Lipinski definition) is 0. The summed E-state index contributed by atoms with van der Waals surface area (Å²) in [5, 5.41) is 0. The molecular weight excluding hydrogens is 744 g/mol. The van der Waals surface area contributed by atoms with Gasteiger partial charge < -0.3 is 33.2 Å². The summed E-state index contributed by atoms with van der Waals surface area (Å²) in [5.74, 6) is -0.454. The van der Waals surface area contributed by atoms with Gasteiger partial charge in [0.05, 0.1) is 26.4 Å². The molecule has 0 bridgehead atoms. The maximum Gasteiger partial charge on any atom is 0.303 e. The predicted octanol–water partition coefficient (Wildman–Crippen LogP) is 7.78. The van der Waals surface area contributed by atoms with Crippen molar-refractivity contribution in [1.29, 1.82) is 0 Å². The maximum atomic E-state index is 12.5. The number of carbonyl (C=O) groups is 1. The Hall–Kier alpha value is -2.15. The van der Waals surface area contributed by atoms with Gasteiger partial charge in [-0.05, 0) is 42.4 Å². The number of alkyl halides is 2. The predicted molar refractivity (Wildman–Crippen MR) is 192 cm³/mol. The molecule has 0 spiro atoms. The molecule has 1 saturated heterocycles. The lowest BCUT2D eigenvalue weighted by molar-refractivity contribution is -0.321. The molecular formula is C38H48Br2O8. The first-order valence-electron chi connectivity index (χ1n) is 16.6. The molecule has 0 amide bonds. The van der Waals surface area contributed by atoms with E-state index in [9.17, 15) is 4.79 Å². The second-order valence-corrected chi connectivity index (χ2v) is 14.2. The fraction of sp³-hybridized carbons (Fsp3) is 0.500. The first kappa shape index (κ1) is 38.6. The van der Waals surface area contributed by atoms with Crippen molar-refractivity contribution >= 4 is 37.8 Å². The molecule has 262 valence electrons. The van der Waals surface area contributed by atoms with E-state index in [4.69, 9.17) is 33.2 Å². The van der Waals surface area contributed by atoms with Gasteiger partial charge in [0.2, 0.25) is 0 Å². The maximum absolute atomic E-state index is 12.5. The van der Waals surface area contributed by atoms with Crippen LogP contribution < -0.4 is 0 Å². The van der Waals surface area contributed by atoms with Gasteiger partial charge >= 0.3 is 5.97 Å². The number of ether oxygens (including phenoxy) is 7. The van der Waals surface area contributed by atoms with Crippen LogP contribution in [-0.2, 0) is 57.8 Å². The molecule has 1 aliphatic rings. The quantitative estimate of drug-likeness (QED) is 0.0615. The van der Waals surface area contributed by atoms with E-state index < -0.39 is 36.7 Å². The Morgan fingerprint density at radius 1 is 0.688 bits per heavy atom. The number of rotatable bonds is 21. The van der Waals surface area contributed by atoms with Gasteiger partial charge in [-0.3, -0.25) is 4.79 Å². The highest BCUT2D eigenvalue weighted by Crippen LogP contribution is 2.32. The molecule has 0 aromatic heterocycles. The van der Waals surface area contributed by atoms with Gasteiger partial charge in [-0.25, -0.2) is 0 Å². The second kappa shape index (κ2) is 21.8. The SMILES string of the molecule is COCCCC(Br)C(Br)CCCO[C@H]1OC(COCc2ccccc2)[C@@H](OCc2ccccc2)[C@@H](OCc2ccccc2)C1OC(C)=O. The van der Waals surface area contributed by atoms with Crippen molar-refractivity contribution in [3.05, 3.63) is 108 Å². The number of esters is 1. The number of halogens is 2. The van der Waals surface area contributed by atoms with Crippen LogP contribution in [0.15, 0.2) is 91.0 Å². The van der Waals surface area contributed by atoms with Crippen LogP contribution in [0, 0.1) is 0 Å². The number of carbonyl (C=O) groups excluding carboxylic acids is 1. The summed E-state index contributed by atoms with van der Waals surface area (Å²) in [5.41, 5.74) is 3.04. The summed E-state index contributed by atoms with van der Waals surface area (Å²) < 4.78 is 43.4. The topological polar surface area (TPSA) is 81.7 Å². The third-order valence-electron chi connectivity index (χ3n) is 7.98. The Kier molecular flexibility index (Phi) is 17.6. The van der Waals surface area contributed by atoms with E-state index in [0.717, 1.165) is 49.0 Å². The summed E-state index contributed by atoms with van der Waals surface area (Å²) in [6, 6.07) is 29.8. The molecule has 1 aliphatic heterocycles. The Morgan fingerprint density at radius 2 is 1.19 bits per heavy atom. The van der Waals surface area contributed by atoms with Crippen molar-refractivity contribution in [1.82, 2.24) is 0 Å². The van der Waals surface area contributed by atoms with E-state index in [1.54, 1.807) is 7.11 Å². The zero-order chi connectivity index (χ0) is 34.0. The van der Waals surface area contributed by atoms with E-state index in [1.165, 1.54) is 6.92 Å². The first-order valence-corrected chi connectivity index (χ1v) is 18.4. The van der Waals surface area contributed by atoms with Crippen molar-refractivity contribution in [2.75, 3.05) is 26.9 Å². The Balaban J connectivity index is 1.52. The van der Waals surface area contributed by atoms with E-state index in [2.05, 4.69) is 31.9 Å². The minimum Gasteiger partial charge on any atom is -0.454 e. The van der Waals surface area contributed by atoms with Crippen LogP contribution in [0.2, 0.25) is 0 Å². The van der Waals surface area contributed by atoms with Crippen LogP contribution in [0.3, 0.4) is 0 Å². The number of methoxy groups -OCH3 is 1. The van der Waals surface area contributed by atoms with Crippen molar-refractivity contribution < 1.29 is 38.0 Å². The van der Waals surface area contributed by atoms with Gasteiger partial charge in [-0.1, -0.05) is 123 Å². The molecule has 7 atom stereocenters. The van der Waals surface area contributed by atoms with E-state index in [1.807, 2.05) is 91.0 Å². The van der Waals surface area contributed by atoms with Crippen LogP contribution in [0.5, 0.6) is 0 Å². The average molecular weight is 793 g/mol. The molecule has 0 N–H and O–H groups in total. The average Bonchev–Trinajstić information content (AvgIpc) is 3.10. The van der Waals surface area contributed by atoms with E-state index >= 15 is 0 Å². The van der Waals surface area contributed by atoms with Crippen LogP contribution >= 0.6 is 31.9 Å². The molecule has 8 nitrogen and oxygen atoms in total. The van der Waals surface area contributed by atoms with Crippen LogP contribution in [0.1, 0.15) is 49.3 Å². The Morgan fingerprint density at radius 3 is 1.71 bits per heavy atom. The molecule has 0 saturated carbocycles. The van der Waals surface area contributed by atoms with Crippen LogP contribution in [-0.4, -0.2) is 73.3 Å². The highest BCUT2D eigenvalue weighted by Gasteiger charge is 2.50. The summed E-state index contributed by atoms with van der Waals surface area (Å²) in [7, 11) is 1.72.